The fraction of sp³-hybridized carbons (Fsp3) is 0.500. The molecular formula is C28H34FN5O3. The van der Waals surface area contributed by atoms with E-state index in [0.717, 1.165) is 17.5 Å². The zero-order valence-corrected chi connectivity index (χ0v) is 21.6. The summed E-state index contributed by atoms with van der Waals surface area (Å²) in [6, 6.07) is 8.27. The van der Waals surface area contributed by atoms with Crippen molar-refractivity contribution in [2.75, 3.05) is 0 Å². The van der Waals surface area contributed by atoms with Crippen LogP contribution in [0.4, 0.5) is 4.39 Å². The maximum Gasteiger partial charge on any atom is 0.232 e. The van der Waals surface area contributed by atoms with E-state index in [-0.39, 0.29) is 54.1 Å². The van der Waals surface area contributed by atoms with Crippen LogP contribution in [-0.4, -0.2) is 39.3 Å². The Bertz CT molecular complexity index is 1250. The Hall–Kier alpha value is -3.49. The molecule has 196 valence electrons. The number of nitrogens with two attached hydrogens (primary N) is 1. The highest BCUT2D eigenvalue weighted by Gasteiger charge is 2.53. The van der Waals surface area contributed by atoms with Crippen molar-refractivity contribution in [2.24, 2.45) is 28.5 Å². The number of aliphatic imine (C=N–C) groups is 1. The third kappa shape index (κ3) is 4.67. The van der Waals surface area contributed by atoms with E-state index < -0.39 is 17.4 Å². The molecule has 3 heterocycles. The van der Waals surface area contributed by atoms with Crippen LogP contribution < -0.4 is 15.8 Å². The Labute approximate surface area is 216 Å². The molecule has 3 N–H and O–H groups in total. The molecule has 0 saturated heterocycles. The van der Waals surface area contributed by atoms with Gasteiger partial charge in [0.25, 0.3) is 0 Å². The number of fused-ring (bicyclic) bond motifs is 1. The molecule has 2 amide bonds. The summed E-state index contributed by atoms with van der Waals surface area (Å²) in [4.78, 5) is 37.0. The van der Waals surface area contributed by atoms with Gasteiger partial charge in [-0.3, -0.25) is 19.5 Å². The van der Waals surface area contributed by atoms with Crippen molar-refractivity contribution in [1.82, 2.24) is 15.2 Å². The third-order valence-electron chi connectivity index (χ3n) is 8.25. The van der Waals surface area contributed by atoms with E-state index >= 15 is 0 Å². The Morgan fingerprint density at radius 3 is 2.78 bits per heavy atom. The fourth-order valence-corrected chi connectivity index (χ4v) is 5.63. The van der Waals surface area contributed by atoms with E-state index in [2.05, 4.69) is 22.2 Å². The SMILES string of the molecule is CCC1(C)CC(=O)N(C(c2cncc(F)c2)C2CC2C(=O)NC2c3ccccc3OC(C)C2C)C(N)=N1. The number of nitrogens with one attached hydrogen (secondary N) is 1. The molecule has 3 aliphatic rings. The van der Waals surface area contributed by atoms with Crippen LogP contribution in [0.25, 0.3) is 0 Å². The standard InChI is InChI=1S/C28H34FN5O3/c1-5-28(4)12-23(35)34(27(30)33-28)25(17-10-18(29)14-31-13-17)20-11-21(20)26(36)32-24-15(2)16(3)37-22-9-7-6-8-19(22)24/h6-10,13-16,20-21,24-25H,5,11-12H2,1-4H3,(H2,30,33)(H,32,36). The Kier molecular flexibility index (Phi) is 6.41. The highest BCUT2D eigenvalue weighted by molar-refractivity contribution is 5.99. The van der Waals surface area contributed by atoms with Gasteiger partial charge in [0.15, 0.2) is 5.96 Å². The molecule has 1 aliphatic carbocycles. The number of hydrogen-bond donors (Lipinski definition) is 2. The number of carbonyl (C=O) groups is 2. The maximum atomic E-state index is 14.2. The molecule has 0 spiro atoms. The number of guanidine groups is 1. The summed E-state index contributed by atoms with van der Waals surface area (Å²) in [7, 11) is 0. The minimum atomic E-state index is -0.630. The second kappa shape index (κ2) is 9.43. The zero-order chi connectivity index (χ0) is 26.5. The molecule has 9 heteroatoms. The lowest BCUT2D eigenvalue weighted by Gasteiger charge is -2.39. The monoisotopic (exact) mass is 507 g/mol. The molecule has 0 bridgehead atoms. The van der Waals surface area contributed by atoms with Gasteiger partial charge in [0, 0.05) is 23.6 Å². The number of ether oxygens (including phenoxy) is 1. The Morgan fingerprint density at radius 1 is 1.32 bits per heavy atom. The van der Waals surface area contributed by atoms with Crippen LogP contribution in [-0.2, 0) is 9.59 Å². The lowest BCUT2D eigenvalue weighted by atomic mass is 9.87. The molecule has 7 atom stereocenters. The summed E-state index contributed by atoms with van der Waals surface area (Å²) in [6.07, 6.45) is 4.00. The van der Waals surface area contributed by atoms with Crippen molar-refractivity contribution < 1.29 is 18.7 Å². The quantitative estimate of drug-likeness (QED) is 0.617. The number of rotatable bonds is 6. The van der Waals surface area contributed by atoms with Gasteiger partial charge in [-0.25, -0.2) is 9.38 Å². The molecule has 1 aromatic heterocycles. The first kappa shape index (κ1) is 25.2. The van der Waals surface area contributed by atoms with Gasteiger partial charge in [-0.2, -0.15) is 0 Å². The first-order valence-corrected chi connectivity index (χ1v) is 13.0. The molecule has 0 radical (unpaired) electrons. The van der Waals surface area contributed by atoms with Crippen molar-refractivity contribution in [3.63, 3.8) is 0 Å². The predicted molar refractivity (Wildman–Crippen MR) is 137 cm³/mol. The van der Waals surface area contributed by atoms with E-state index in [1.54, 1.807) is 0 Å². The number of para-hydroxylation sites is 1. The van der Waals surface area contributed by atoms with Crippen LogP contribution in [0.3, 0.4) is 0 Å². The van der Waals surface area contributed by atoms with Gasteiger partial charge in [0.2, 0.25) is 11.8 Å². The number of carbonyl (C=O) groups excluding carboxylic acids is 2. The zero-order valence-electron chi connectivity index (χ0n) is 21.6. The van der Waals surface area contributed by atoms with Crippen molar-refractivity contribution >= 4 is 17.8 Å². The Balaban J connectivity index is 1.42. The van der Waals surface area contributed by atoms with Crippen LogP contribution in [0.1, 0.15) is 70.2 Å². The van der Waals surface area contributed by atoms with E-state index in [1.165, 1.54) is 17.2 Å². The van der Waals surface area contributed by atoms with Crippen LogP contribution in [0.5, 0.6) is 5.75 Å². The van der Waals surface area contributed by atoms with Gasteiger partial charge in [-0.15, -0.1) is 0 Å². The van der Waals surface area contributed by atoms with Crippen molar-refractivity contribution in [2.45, 2.75) is 70.7 Å². The minimum Gasteiger partial charge on any atom is -0.490 e. The van der Waals surface area contributed by atoms with Gasteiger partial charge < -0.3 is 15.8 Å². The van der Waals surface area contributed by atoms with E-state index in [1.807, 2.05) is 45.0 Å². The summed E-state index contributed by atoms with van der Waals surface area (Å²) in [6.45, 7) is 7.92. The lowest BCUT2D eigenvalue weighted by molar-refractivity contribution is -0.132. The number of amides is 2. The third-order valence-corrected chi connectivity index (χ3v) is 8.25. The molecule has 1 saturated carbocycles. The molecular weight excluding hydrogens is 473 g/mol. The molecule has 37 heavy (non-hydrogen) atoms. The maximum absolute atomic E-state index is 14.2. The van der Waals surface area contributed by atoms with Crippen LogP contribution in [0.15, 0.2) is 47.7 Å². The van der Waals surface area contributed by atoms with E-state index in [9.17, 15) is 14.0 Å². The largest absolute Gasteiger partial charge is 0.490 e. The number of halogens is 1. The highest BCUT2D eigenvalue weighted by atomic mass is 19.1. The summed E-state index contributed by atoms with van der Waals surface area (Å²) < 4.78 is 20.2. The van der Waals surface area contributed by atoms with Crippen molar-refractivity contribution in [1.29, 1.82) is 0 Å². The summed E-state index contributed by atoms with van der Waals surface area (Å²) in [5.41, 5.74) is 7.22. The number of aromatic nitrogens is 1. The van der Waals surface area contributed by atoms with E-state index in [0.29, 0.717) is 18.4 Å². The lowest BCUT2D eigenvalue weighted by Crippen LogP contribution is -2.52. The number of hydrogen-bond acceptors (Lipinski definition) is 6. The summed E-state index contributed by atoms with van der Waals surface area (Å²) >= 11 is 0. The molecule has 7 unspecified atom stereocenters. The highest BCUT2D eigenvalue weighted by Crippen LogP contribution is 2.52. The topological polar surface area (TPSA) is 110 Å². The van der Waals surface area contributed by atoms with Crippen molar-refractivity contribution in [3.05, 3.63) is 59.7 Å². The van der Waals surface area contributed by atoms with Crippen LogP contribution in [0.2, 0.25) is 0 Å². The molecule has 2 aromatic rings. The second-order valence-electron chi connectivity index (χ2n) is 10.9. The minimum absolute atomic E-state index is 0.0591. The number of pyridine rings is 1. The predicted octanol–water partition coefficient (Wildman–Crippen LogP) is 3.89. The van der Waals surface area contributed by atoms with Gasteiger partial charge in [-0.05, 0) is 50.3 Å². The normalized spacial score (nSPS) is 31.6. The molecule has 8 nitrogen and oxygen atoms in total. The van der Waals surface area contributed by atoms with Crippen LogP contribution >= 0.6 is 0 Å². The van der Waals surface area contributed by atoms with E-state index in [4.69, 9.17) is 10.5 Å². The Morgan fingerprint density at radius 2 is 2.08 bits per heavy atom. The van der Waals surface area contributed by atoms with Crippen LogP contribution in [0, 0.1) is 23.6 Å². The summed E-state index contributed by atoms with van der Waals surface area (Å²) in [5, 5.41) is 3.24. The second-order valence-corrected chi connectivity index (χ2v) is 10.9. The number of benzene rings is 1. The first-order valence-electron chi connectivity index (χ1n) is 13.0. The smallest absolute Gasteiger partial charge is 0.232 e. The fourth-order valence-electron chi connectivity index (χ4n) is 5.63. The van der Waals surface area contributed by atoms with Crippen molar-refractivity contribution in [3.8, 4) is 5.75 Å². The molecule has 5 rings (SSSR count). The molecule has 1 aromatic carbocycles. The first-order chi connectivity index (χ1) is 17.6. The van der Waals surface area contributed by atoms with Gasteiger partial charge in [0.1, 0.15) is 17.7 Å². The average Bonchev–Trinajstić information content (AvgIpc) is 3.64. The average molecular weight is 508 g/mol. The molecule has 1 fully saturated rings. The van der Waals surface area contributed by atoms with Gasteiger partial charge >= 0.3 is 0 Å². The van der Waals surface area contributed by atoms with Gasteiger partial charge in [-0.1, -0.05) is 32.0 Å². The molecule has 2 aliphatic heterocycles. The van der Waals surface area contributed by atoms with Gasteiger partial charge in [0.05, 0.1) is 30.2 Å². The summed E-state index contributed by atoms with van der Waals surface area (Å²) in [5.74, 6) is -0.447. The number of nitrogens with zero attached hydrogens (tertiary/aromatic N) is 3.